The van der Waals surface area contributed by atoms with Gasteiger partial charge in [-0.05, 0) is 57.1 Å². The molecule has 6 nitrogen and oxygen atoms in total. The molecule has 2 fully saturated rings. The molecule has 2 aromatic rings. The van der Waals surface area contributed by atoms with Gasteiger partial charge >= 0.3 is 0 Å². The van der Waals surface area contributed by atoms with Crippen LogP contribution in [0, 0.1) is 5.92 Å². The van der Waals surface area contributed by atoms with Crippen molar-refractivity contribution in [2.75, 3.05) is 6.54 Å². The third-order valence-corrected chi connectivity index (χ3v) is 6.33. The molecule has 0 spiro atoms. The maximum absolute atomic E-state index is 13.2. The molecule has 1 saturated heterocycles. The molecule has 0 radical (unpaired) electrons. The van der Waals surface area contributed by atoms with Gasteiger partial charge in [-0.25, -0.2) is 4.98 Å². The zero-order chi connectivity index (χ0) is 20.2. The highest BCUT2D eigenvalue weighted by molar-refractivity contribution is 5.87. The van der Waals surface area contributed by atoms with Crippen LogP contribution in [0.4, 0.5) is 0 Å². The fourth-order valence-electron chi connectivity index (χ4n) is 4.75. The van der Waals surface area contributed by atoms with Crippen molar-refractivity contribution in [3.8, 4) is 0 Å². The van der Waals surface area contributed by atoms with E-state index in [9.17, 15) is 9.59 Å². The van der Waals surface area contributed by atoms with Crippen LogP contribution in [0.15, 0.2) is 28.7 Å². The second kappa shape index (κ2) is 8.97. The quantitative estimate of drug-likeness (QED) is 0.813. The fraction of sp³-hybridized carbons (Fsp3) is 0.609. The standard InChI is InChI=1S/C23H31N3O3/c1-16(24-21(27)15-17-9-3-2-4-10-17)23(28)26-14-8-7-12-19(26)22-25-18-11-5-6-13-20(18)29-22/h5-6,11,13,16-17,19H,2-4,7-10,12,14-15H2,1H3,(H,24,27). The van der Waals surface area contributed by atoms with Crippen LogP contribution in [0.1, 0.15) is 76.6 Å². The highest BCUT2D eigenvalue weighted by atomic mass is 16.3. The Balaban J connectivity index is 1.41. The summed E-state index contributed by atoms with van der Waals surface area (Å²) in [5, 5.41) is 2.94. The summed E-state index contributed by atoms with van der Waals surface area (Å²) in [6, 6.07) is 6.98. The lowest BCUT2D eigenvalue weighted by atomic mass is 9.87. The van der Waals surface area contributed by atoms with E-state index in [1.807, 2.05) is 29.2 Å². The molecular formula is C23H31N3O3. The number of piperidine rings is 1. The van der Waals surface area contributed by atoms with E-state index in [1.54, 1.807) is 6.92 Å². The third-order valence-electron chi connectivity index (χ3n) is 6.33. The molecule has 2 amide bonds. The van der Waals surface area contributed by atoms with Gasteiger partial charge in [-0.15, -0.1) is 0 Å². The Morgan fingerprint density at radius 1 is 1.14 bits per heavy atom. The molecule has 2 heterocycles. The molecule has 2 atom stereocenters. The first-order valence-electron chi connectivity index (χ1n) is 11.1. The average molecular weight is 398 g/mol. The lowest BCUT2D eigenvalue weighted by molar-refractivity contribution is -0.140. The van der Waals surface area contributed by atoms with Crippen LogP contribution in [0.3, 0.4) is 0 Å². The third kappa shape index (κ3) is 4.62. The van der Waals surface area contributed by atoms with Crippen LogP contribution in [0.25, 0.3) is 11.1 Å². The van der Waals surface area contributed by atoms with Crippen LogP contribution in [-0.4, -0.2) is 34.3 Å². The number of likely N-dealkylation sites (tertiary alicyclic amines) is 1. The first-order chi connectivity index (χ1) is 14.1. The van der Waals surface area contributed by atoms with Crippen LogP contribution < -0.4 is 5.32 Å². The number of carbonyl (C=O) groups is 2. The molecule has 0 bridgehead atoms. The molecule has 2 unspecified atom stereocenters. The Morgan fingerprint density at radius 2 is 1.90 bits per heavy atom. The summed E-state index contributed by atoms with van der Waals surface area (Å²) in [6.07, 6.45) is 9.33. The highest BCUT2D eigenvalue weighted by Crippen LogP contribution is 2.33. The van der Waals surface area contributed by atoms with Crippen LogP contribution >= 0.6 is 0 Å². The molecule has 1 aliphatic carbocycles. The number of oxazole rings is 1. The predicted molar refractivity (Wildman–Crippen MR) is 111 cm³/mol. The van der Waals surface area contributed by atoms with Crippen molar-refractivity contribution in [1.82, 2.24) is 15.2 Å². The first kappa shape index (κ1) is 19.9. The predicted octanol–water partition coefficient (Wildman–Crippen LogP) is 4.36. The monoisotopic (exact) mass is 397 g/mol. The van der Waals surface area contributed by atoms with Crippen LogP contribution in [0.5, 0.6) is 0 Å². The molecule has 1 N–H and O–H groups in total. The van der Waals surface area contributed by atoms with Crippen molar-refractivity contribution in [1.29, 1.82) is 0 Å². The summed E-state index contributed by atoms with van der Waals surface area (Å²) in [5.74, 6) is 1.01. The van der Waals surface area contributed by atoms with Crippen LogP contribution in [-0.2, 0) is 9.59 Å². The number of fused-ring (bicyclic) bond motifs is 1. The molecule has 1 aromatic carbocycles. The lowest BCUT2D eigenvalue weighted by Gasteiger charge is -2.35. The van der Waals surface area contributed by atoms with Gasteiger partial charge in [-0.3, -0.25) is 9.59 Å². The molecule has 29 heavy (non-hydrogen) atoms. The highest BCUT2D eigenvalue weighted by Gasteiger charge is 2.34. The van der Waals surface area contributed by atoms with Gasteiger partial charge in [0.25, 0.3) is 0 Å². The number of benzene rings is 1. The molecule has 4 rings (SSSR count). The van der Waals surface area contributed by atoms with Crippen molar-refractivity contribution in [3.05, 3.63) is 30.2 Å². The lowest BCUT2D eigenvalue weighted by Crippen LogP contribution is -2.49. The SMILES string of the molecule is CC(NC(=O)CC1CCCCC1)C(=O)N1CCCCC1c1nc2ccccc2o1. The van der Waals surface area contributed by atoms with Crippen molar-refractivity contribution in [2.45, 2.75) is 76.8 Å². The number of nitrogens with zero attached hydrogens (tertiary/aromatic N) is 2. The van der Waals surface area contributed by atoms with Gasteiger partial charge in [0, 0.05) is 13.0 Å². The molecule has 1 aromatic heterocycles. The molecule has 6 heteroatoms. The summed E-state index contributed by atoms with van der Waals surface area (Å²) in [5.41, 5.74) is 1.56. The summed E-state index contributed by atoms with van der Waals surface area (Å²) in [7, 11) is 0. The minimum atomic E-state index is -0.531. The Kier molecular flexibility index (Phi) is 6.16. The normalized spacial score (nSPS) is 21.8. The second-order valence-corrected chi connectivity index (χ2v) is 8.56. The summed E-state index contributed by atoms with van der Waals surface area (Å²) in [6.45, 7) is 2.46. The molecule has 1 saturated carbocycles. The van der Waals surface area contributed by atoms with E-state index in [4.69, 9.17) is 4.42 Å². The zero-order valence-corrected chi connectivity index (χ0v) is 17.2. The summed E-state index contributed by atoms with van der Waals surface area (Å²) in [4.78, 5) is 32.1. The summed E-state index contributed by atoms with van der Waals surface area (Å²) >= 11 is 0. The number of carbonyl (C=O) groups excluding carboxylic acids is 2. The van der Waals surface area contributed by atoms with Crippen molar-refractivity contribution < 1.29 is 14.0 Å². The molecular weight excluding hydrogens is 366 g/mol. The topological polar surface area (TPSA) is 75.4 Å². The van der Waals surface area contributed by atoms with Gasteiger partial charge in [0.2, 0.25) is 17.7 Å². The van der Waals surface area contributed by atoms with E-state index in [2.05, 4.69) is 10.3 Å². The Labute approximate surface area is 172 Å². The largest absolute Gasteiger partial charge is 0.438 e. The van der Waals surface area contributed by atoms with Crippen LogP contribution in [0.2, 0.25) is 0 Å². The van der Waals surface area contributed by atoms with E-state index in [0.717, 1.165) is 43.2 Å². The van der Waals surface area contributed by atoms with E-state index in [-0.39, 0.29) is 17.9 Å². The van der Waals surface area contributed by atoms with E-state index in [1.165, 1.54) is 19.3 Å². The number of hydrogen-bond donors (Lipinski definition) is 1. The van der Waals surface area contributed by atoms with Gasteiger partial charge in [0.05, 0.1) is 0 Å². The number of aromatic nitrogens is 1. The molecule has 2 aliphatic rings. The Bertz CT molecular complexity index is 823. The second-order valence-electron chi connectivity index (χ2n) is 8.56. The Morgan fingerprint density at radius 3 is 2.69 bits per heavy atom. The number of para-hydroxylation sites is 2. The van der Waals surface area contributed by atoms with Gasteiger partial charge in [0.1, 0.15) is 17.6 Å². The van der Waals surface area contributed by atoms with Gasteiger partial charge in [-0.2, -0.15) is 0 Å². The van der Waals surface area contributed by atoms with Gasteiger partial charge in [-0.1, -0.05) is 31.4 Å². The maximum atomic E-state index is 13.2. The van der Waals surface area contributed by atoms with E-state index in [0.29, 0.717) is 24.8 Å². The van der Waals surface area contributed by atoms with E-state index < -0.39 is 6.04 Å². The number of amides is 2. The summed E-state index contributed by atoms with van der Waals surface area (Å²) < 4.78 is 5.96. The number of nitrogens with one attached hydrogen (secondary N) is 1. The number of rotatable bonds is 5. The van der Waals surface area contributed by atoms with Gasteiger partial charge in [0.15, 0.2) is 5.58 Å². The minimum Gasteiger partial charge on any atom is -0.438 e. The zero-order valence-electron chi connectivity index (χ0n) is 17.2. The van der Waals surface area contributed by atoms with E-state index >= 15 is 0 Å². The van der Waals surface area contributed by atoms with Gasteiger partial charge < -0.3 is 14.6 Å². The maximum Gasteiger partial charge on any atom is 0.245 e. The molecule has 1 aliphatic heterocycles. The van der Waals surface area contributed by atoms with Crippen molar-refractivity contribution in [3.63, 3.8) is 0 Å². The fourth-order valence-corrected chi connectivity index (χ4v) is 4.75. The van der Waals surface area contributed by atoms with Crippen molar-refractivity contribution >= 4 is 22.9 Å². The first-order valence-corrected chi connectivity index (χ1v) is 11.1. The minimum absolute atomic E-state index is 0.00632. The number of hydrogen-bond acceptors (Lipinski definition) is 4. The smallest absolute Gasteiger partial charge is 0.245 e. The van der Waals surface area contributed by atoms with Crippen molar-refractivity contribution in [2.24, 2.45) is 5.92 Å². The molecule has 156 valence electrons. The Hall–Kier alpha value is -2.37. The average Bonchev–Trinajstić information content (AvgIpc) is 3.18.